The highest BCUT2D eigenvalue weighted by molar-refractivity contribution is 5.92. The fraction of sp³-hybridized carbons (Fsp3) is 0.478. The molecule has 0 radical (unpaired) electrons. The lowest BCUT2D eigenvalue weighted by Gasteiger charge is -2.26. The highest BCUT2D eigenvalue weighted by atomic mass is 16.5. The fourth-order valence-corrected chi connectivity index (χ4v) is 4.19. The number of nitrogens with zero attached hydrogens (tertiary/aromatic N) is 4. The lowest BCUT2D eigenvalue weighted by atomic mass is 9.82. The fourth-order valence-electron chi connectivity index (χ4n) is 4.19. The average Bonchev–Trinajstić information content (AvgIpc) is 2.75. The van der Waals surface area contributed by atoms with E-state index in [0.29, 0.717) is 18.4 Å². The second-order valence-electron chi connectivity index (χ2n) is 8.24. The van der Waals surface area contributed by atoms with Gasteiger partial charge in [0.15, 0.2) is 0 Å². The van der Waals surface area contributed by atoms with Gasteiger partial charge in [0.25, 0.3) is 0 Å². The predicted octanol–water partition coefficient (Wildman–Crippen LogP) is 4.01. The van der Waals surface area contributed by atoms with Gasteiger partial charge in [-0.05, 0) is 49.7 Å². The van der Waals surface area contributed by atoms with Crippen LogP contribution in [-0.2, 0) is 11.2 Å². The predicted molar refractivity (Wildman–Crippen MR) is 117 cm³/mol. The standard InChI is InChI=1S/C23H29N5O2/c1-15(14-30-2)11-21-25-13-20-22(28-21)19(16-3-5-18(29)6-4-16)12-26-23(20)27-17-7-9-24-10-8-17/h7-10,12-13,15-16,18,29H,3-6,11,14H2,1-2H3,(H,24,26,27)/t15-,16?,18?/m1/s1. The zero-order chi connectivity index (χ0) is 20.9. The molecule has 30 heavy (non-hydrogen) atoms. The summed E-state index contributed by atoms with van der Waals surface area (Å²) in [6.45, 7) is 2.82. The molecule has 7 heteroatoms. The van der Waals surface area contributed by atoms with Gasteiger partial charge in [-0.1, -0.05) is 6.92 Å². The molecule has 1 aliphatic carbocycles. The Bertz CT molecular complexity index is 974. The first-order valence-corrected chi connectivity index (χ1v) is 10.6. The van der Waals surface area contributed by atoms with Crippen molar-refractivity contribution in [1.29, 1.82) is 0 Å². The molecule has 0 bridgehead atoms. The van der Waals surface area contributed by atoms with Gasteiger partial charge in [-0.2, -0.15) is 0 Å². The summed E-state index contributed by atoms with van der Waals surface area (Å²) in [5, 5.41) is 14.2. The Morgan fingerprint density at radius 1 is 1.13 bits per heavy atom. The normalized spacial score (nSPS) is 20.2. The van der Waals surface area contributed by atoms with Crippen LogP contribution in [0.1, 0.15) is 49.9 Å². The van der Waals surface area contributed by atoms with Crippen LogP contribution in [0.25, 0.3) is 10.9 Å². The molecular formula is C23H29N5O2. The summed E-state index contributed by atoms with van der Waals surface area (Å²) in [6, 6.07) is 3.82. The van der Waals surface area contributed by atoms with E-state index in [0.717, 1.165) is 65.9 Å². The van der Waals surface area contributed by atoms with Crippen molar-refractivity contribution in [1.82, 2.24) is 19.9 Å². The lowest BCUT2D eigenvalue weighted by Crippen LogP contribution is -2.18. The van der Waals surface area contributed by atoms with E-state index < -0.39 is 0 Å². The maximum atomic E-state index is 9.92. The number of pyridine rings is 2. The van der Waals surface area contributed by atoms with E-state index in [1.165, 1.54) is 0 Å². The Kier molecular flexibility index (Phi) is 6.50. The van der Waals surface area contributed by atoms with Crippen LogP contribution < -0.4 is 5.32 Å². The van der Waals surface area contributed by atoms with E-state index in [1.54, 1.807) is 19.5 Å². The minimum atomic E-state index is -0.187. The molecule has 3 aromatic heterocycles. The van der Waals surface area contributed by atoms with E-state index in [9.17, 15) is 5.11 Å². The molecule has 1 atom stereocenters. The lowest BCUT2D eigenvalue weighted by molar-refractivity contribution is 0.122. The van der Waals surface area contributed by atoms with Crippen LogP contribution in [0.4, 0.5) is 11.5 Å². The molecular weight excluding hydrogens is 378 g/mol. The number of aliphatic hydroxyl groups excluding tert-OH is 1. The number of aliphatic hydroxyl groups is 1. The molecule has 0 aromatic carbocycles. The number of nitrogens with one attached hydrogen (secondary N) is 1. The van der Waals surface area contributed by atoms with E-state index in [-0.39, 0.29) is 6.10 Å². The van der Waals surface area contributed by atoms with Gasteiger partial charge in [-0.25, -0.2) is 15.0 Å². The third-order valence-corrected chi connectivity index (χ3v) is 5.76. The van der Waals surface area contributed by atoms with Crippen molar-refractivity contribution in [2.75, 3.05) is 19.0 Å². The number of hydrogen-bond acceptors (Lipinski definition) is 7. The number of methoxy groups -OCH3 is 1. The van der Waals surface area contributed by atoms with Crippen molar-refractivity contribution in [2.45, 2.75) is 51.0 Å². The third kappa shape index (κ3) is 4.74. The van der Waals surface area contributed by atoms with Gasteiger partial charge in [-0.3, -0.25) is 4.98 Å². The average molecular weight is 408 g/mol. The van der Waals surface area contributed by atoms with Crippen LogP contribution in [0.5, 0.6) is 0 Å². The third-order valence-electron chi connectivity index (χ3n) is 5.76. The number of hydrogen-bond donors (Lipinski definition) is 2. The van der Waals surface area contributed by atoms with Crippen molar-refractivity contribution in [2.24, 2.45) is 5.92 Å². The molecule has 0 amide bonds. The van der Waals surface area contributed by atoms with Crippen LogP contribution >= 0.6 is 0 Å². The number of anilines is 2. The topological polar surface area (TPSA) is 93.0 Å². The second kappa shape index (κ2) is 9.45. The molecule has 0 aliphatic heterocycles. The molecule has 1 aliphatic rings. The van der Waals surface area contributed by atoms with Gasteiger partial charge in [0.05, 0.1) is 17.0 Å². The summed E-state index contributed by atoms with van der Waals surface area (Å²) in [6.07, 6.45) is 11.5. The Morgan fingerprint density at radius 2 is 1.90 bits per heavy atom. The van der Waals surface area contributed by atoms with Crippen LogP contribution in [0.2, 0.25) is 0 Å². The van der Waals surface area contributed by atoms with Crippen LogP contribution in [0.3, 0.4) is 0 Å². The largest absolute Gasteiger partial charge is 0.393 e. The van der Waals surface area contributed by atoms with Crippen molar-refractivity contribution in [3.8, 4) is 0 Å². The zero-order valence-electron chi connectivity index (χ0n) is 17.6. The molecule has 3 aromatic rings. The Hall–Kier alpha value is -2.64. The molecule has 3 heterocycles. The van der Waals surface area contributed by atoms with Gasteiger partial charge < -0.3 is 15.2 Å². The van der Waals surface area contributed by atoms with Gasteiger partial charge in [0.2, 0.25) is 0 Å². The van der Waals surface area contributed by atoms with Gasteiger partial charge >= 0.3 is 0 Å². The molecule has 0 saturated heterocycles. The smallest absolute Gasteiger partial charge is 0.141 e. The van der Waals surface area contributed by atoms with Crippen LogP contribution in [-0.4, -0.2) is 44.9 Å². The number of fused-ring (bicyclic) bond motifs is 1. The highest BCUT2D eigenvalue weighted by Crippen LogP contribution is 2.37. The van der Waals surface area contributed by atoms with Crippen molar-refractivity contribution >= 4 is 22.4 Å². The Morgan fingerprint density at radius 3 is 2.63 bits per heavy atom. The SMILES string of the molecule is COC[C@H](C)Cc1ncc2c(Nc3ccncc3)ncc(C3CCC(O)CC3)c2n1. The molecule has 7 nitrogen and oxygen atoms in total. The Labute approximate surface area is 177 Å². The Balaban J connectivity index is 1.72. The van der Waals surface area contributed by atoms with Crippen LogP contribution in [0.15, 0.2) is 36.9 Å². The van der Waals surface area contributed by atoms with Crippen molar-refractivity contribution in [3.05, 3.63) is 48.3 Å². The number of aromatic nitrogens is 4. The first-order chi connectivity index (χ1) is 14.6. The second-order valence-corrected chi connectivity index (χ2v) is 8.24. The van der Waals surface area contributed by atoms with E-state index in [2.05, 4.69) is 22.2 Å². The van der Waals surface area contributed by atoms with Gasteiger partial charge in [-0.15, -0.1) is 0 Å². The summed E-state index contributed by atoms with van der Waals surface area (Å²) < 4.78 is 5.27. The molecule has 4 rings (SSSR count). The molecule has 2 N–H and O–H groups in total. The van der Waals surface area contributed by atoms with Gasteiger partial charge in [0.1, 0.15) is 11.6 Å². The van der Waals surface area contributed by atoms with Crippen molar-refractivity contribution < 1.29 is 9.84 Å². The van der Waals surface area contributed by atoms with E-state index >= 15 is 0 Å². The van der Waals surface area contributed by atoms with Crippen LogP contribution in [0, 0.1) is 5.92 Å². The summed E-state index contributed by atoms with van der Waals surface area (Å²) in [5.74, 6) is 2.27. The highest BCUT2D eigenvalue weighted by Gasteiger charge is 2.24. The molecule has 1 saturated carbocycles. The minimum Gasteiger partial charge on any atom is -0.393 e. The summed E-state index contributed by atoms with van der Waals surface area (Å²) in [4.78, 5) is 18.4. The van der Waals surface area contributed by atoms with E-state index in [4.69, 9.17) is 14.7 Å². The maximum absolute atomic E-state index is 9.92. The monoisotopic (exact) mass is 407 g/mol. The molecule has 1 fully saturated rings. The first-order valence-electron chi connectivity index (χ1n) is 10.6. The summed E-state index contributed by atoms with van der Waals surface area (Å²) in [7, 11) is 1.72. The molecule has 0 unspecified atom stereocenters. The quantitative estimate of drug-likeness (QED) is 0.611. The molecule has 0 spiro atoms. The number of rotatable bonds is 7. The summed E-state index contributed by atoms with van der Waals surface area (Å²) in [5.41, 5.74) is 3.03. The number of ether oxygens (including phenoxy) is 1. The van der Waals surface area contributed by atoms with Crippen molar-refractivity contribution in [3.63, 3.8) is 0 Å². The van der Waals surface area contributed by atoms with Gasteiger partial charge in [0, 0.05) is 56.2 Å². The van der Waals surface area contributed by atoms with E-state index in [1.807, 2.05) is 24.5 Å². The first kappa shape index (κ1) is 20.6. The zero-order valence-corrected chi connectivity index (χ0v) is 17.6. The minimum absolute atomic E-state index is 0.187. The maximum Gasteiger partial charge on any atom is 0.141 e. The summed E-state index contributed by atoms with van der Waals surface area (Å²) >= 11 is 0. The molecule has 158 valence electrons.